The minimum absolute atomic E-state index is 0.646. The van der Waals surface area contributed by atoms with Crippen molar-refractivity contribution in [2.75, 3.05) is 6.61 Å². The molecule has 2 rings (SSSR count). The molecule has 3 nitrogen and oxygen atoms in total. The molecule has 0 saturated heterocycles. The summed E-state index contributed by atoms with van der Waals surface area (Å²) in [6, 6.07) is 7.52. The first-order chi connectivity index (χ1) is 6.92. The molecule has 2 heterocycles. The molecule has 0 N–H and O–H groups in total. The molecule has 0 atom stereocenters. The Morgan fingerprint density at radius 2 is 1.71 bits per heavy atom. The van der Waals surface area contributed by atoms with Crippen molar-refractivity contribution in [2.24, 2.45) is 0 Å². The minimum Gasteiger partial charge on any atom is -0.462 e. The summed E-state index contributed by atoms with van der Waals surface area (Å²) in [4.78, 5) is 0. The van der Waals surface area contributed by atoms with Gasteiger partial charge in [-0.2, -0.15) is 0 Å². The molecule has 4 heteroatoms. The van der Waals surface area contributed by atoms with E-state index in [0.29, 0.717) is 6.61 Å². The van der Waals surface area contributed by atoms with E-state index >= 15 is 0 Å². The third-order valence-corrected chi connectivity index (χ3v) is 3.50. The fourth-order valence-electron chi connectivity index (χ4n) is 1.14. The van der Waals surface area contributed by atoms with Crippen LogP contribution in [0.2, 0.25) is 0 Å². The second-order valence-corrected chi connectivity index (χ2v) is 4.34. The van der Waals surface area contributed by atoms with Gasteiger partial charge in [-0.05, 0) is 31.2 Å². The molecular formula is C10H11O3P. The van der Waals surface area contributed by atoms with Crippen molar-refractivity contribution >= 4 is 19.2 Å². The lowest BCUT2D eigenvalue weighted by Crippen LogP contribution is -2.10. The van der Waals surface area contributed by atoms with Gasteiger partial charge in [-0.15, -0.1) is 0 Å². The van der Waals surface area contributed by atoms with Crippen LogP contribution in [0.25, 0.3) is 0 Å². The smallest absolute Gasteiger partial charge is 0.167 e. The summed E-state index contributed by atoms with van der Waals surface area (Å²) in [7, 11) is -0.910. The van der Waals surface area contributed by atoms with Crippen LogP contribution in [0.4, 0.5) is 0 Å². The van der Waals surface area contributed by atoms with Gasteiger partial charge in [0.25, 0.3) is 0 Å². The van der Waals surface area contributed by atoms with Gasteiger partial charge in [0.05, 0.1) is 12.5 Å². The highest BCUT2D eigenvalue weighted by Gasteiger charge is 2.19. The molecule has 0 aromatic carbocycles. The Labute approximate surface area is 83.5 Å². The second-order valence-electron chi connectivity index (χ2n) is 2.61. The van der Waals surface area contributed by atoms with Gasteiger partial charge in [-0.1, -0.05) is 0 Å². The molecule has 0 amide bonds. The van der Waals surface area contributed by atoms with Gasteiger partial charge >= 0.3 is 0 Å². The molecule has 14 heavy (non-hydrogen) atoms. The van der Waals surface area contributed by atoms with Crippen molar-refractivity contribution < 1.29 is 13.4 Å². The van der Waals surface area contributed by atoms with E-state index in [2.05, 4.69) is 0 Å². The topological polar surface area (TPSA) is 35.5 Å². The van der Waals surface area contributed by atoms with Gasteiger partial charge in [0.2, 0.25) is 0 Å². The third-order valence-electron chi connectivity index (χ3n) is 1.67. The Morgan fingerprint density at radius 1 is 1.14 bits per heavy atom. The molecule has 0 aliphatic carbocycles. The monoisotopic (exact) mass is 210 g/mol. The van der Waals surface area contributed by atoms with Crippen LogP contribution < -0.4 is 11.0 Å². The first kappa shape index (κ1) is 9.50. The van der Waals surface area contributed by atoms with Gasteiger partial charge in [0.1, 0.15) is 0 Å². The highest BCUT2D eigenvalue weighted by molar-refractivity contribution is 7.67. The van der Waals surface area contributed by atoms with E-state index in [0.717, 1.165) is 11.0 Å². The maximum atomic E-state index is 5.61. The van der Waals surface area contributed by atoms with E-state index in [1.807, 2.05) is 31.2 Å². The van der Waals surface area contributed by atoms with E-state index in [4.69, 9.17) is 13.4 Å². The van der Waals surface area contributed by atoms with Gasteiger partial charge in [0, 0.05) is 6.61 Å². The highest BCUT2D eigenvalue weighted by Crippen LogP contribution is 2.34. The van der Waals surface area contributed by atoms with Crippen molar-refractivity contribution in [1.82, 2.24) is 0 Å². The second kappa shape index (κ2) is 4.45. The van der Waals surface area contributed by atoms with Crippen LogP contribution in [0.5, 0.6) is 0 Å². The molecule has 0 radical (unpaired) electrons. The summed E-state index contributed by atoms with van der Waals surface area (Å²) >= 11 is 0. The standard InChI is InChI=1S/C10H11O3P/c1-2-13-14(9-5-3-7-11-9)10-6-4-8-12-10/h3-8H,2H2,1H3. The lowest BCUT2D eigenvalue weighted by molar-refractivity contribution is 0.380. The van der Waals surface area contributed by atoms with Gasteiger partial charge < -0.3 is 13.4 Å². The lowest BCUT2D eigenvalue weighted by atomic mass is 10.7. The minimum atomic E-state index is -0.910. The van der Waals surface area contributed by atoms with E-state index in [-0.39, 0.29) is 0 Å². The fourth-order valence-corrected chi connectivity index (χ4v) is 2.62. The molecule has 0 aliphatic rings. The molecule has 0 saturated carbocycles. The molecule has 2 aromatic heterocycles. The van der Waals surface area contributed by atoms with Gasteiger partial charge in [-0.3, -0.25) is 0 Å². The number of hydrogen-bond donors (Lipinski definition) is 0. The number of furan rings is 2. The quantitative estimate of drug-likeness (QED) is 0.726. The average molecular weight is 210 g/mol. The molecular weight excluding hydrogens is 199 g/mol. The van der Waals surface area contributed by atoms with Crippen molar-refractivity contribution in [3.63, 3.8) is 0 Å². The van der Waals surface area contributed by atoms with E-state index in [9.17, 15) is 0 Å². The van der Waals surface area contributed by atoms with Crippen molar-refractivity contribution in [3.05, 3.63) is 36.8 Å². The van der Waals surface area contributed by atoms with Crippen molar-refractivity contribution in [1.29, 1.82) is 0 Å². The molecule has 0 bridgehead atoms. The van der Waals surface area contributed by atoms with Gasteiger partial charge in [0.15, 0.2) is 19.2 Å². The summed E-state index contributed by atoms with van der Waals surface area (Å²) < 4.78 is 16.2. The summed E-state index contributed by atoms with van der Waals surface area (Å²) in [6.45, 7) is 2.61. The van der Waals surface area contributed by atoms with Crippen LogP contribution in [-0.2, 0) is 4.52 Å². The number of hydrogen-bond acceptors (Lipinski definition) is 3. The molecule has 0 spiro atoms. The van der Waals surface area contributed by atoms with E-state index in [1.165, 1.54) is 0 Å². The maximum Gasteiger partial charge on any atom is 0.167 e. The zero-order valence-electron chi connectivity index (χ0n) is 7.84. The summed E-state index contributed by atoms with van der Waals surface area (Å²) in [6.07, 6.45) is 3.29. The van der Waals surface area contributed by atoms with Crippen LogP contribution in [0, 0.1) is 0 Å². The maximum absolute atomic E-state index is 5.61. The number of rotatable bonds is 4. The first-order valence-corrected chi connectivity index (χ1v) is 5.68. The van der Waals surface area contributed by atoms with Gasteiger partial charge in [-0.25, -0.2) is 0 Å². The SMILES string of the molecule is CCOP(c1ccco1)c1ccco1. The molecule has 74 valence electrons. The van der Waals surface area contributed by atoms with Crippen LogP contribution in [0.3, 0.4) is 0 Å². The summed E-state index contributed by atoms with van der Waals surface area (Å²) in [5, 5.41) is 0. The Balaban J connectivity index is 2.25. The van der Waals surface area contributed by atoms with Crippen LogP contribution in [0.1, 0.15) is 6.92 Å². The Bertz CT molecular complexity index is 318. The average Bonchev–Trinajstić information content (AvgIpc) is 2.87. The first-order valence-electron chi connectivity index (χ1n) is 4.42. The molecule has 0 fully saturated rings. The predicted molar refractivity (Wildman–Crippen MR) is 55.2 cm³/mol. The van der Waals surface area contributed by atoms with Crippen molar-refractivity contribution in [3.8, 4) is 0 Å². The zero-order chi connectivity index (χ0) is 9.80. The lowest BCUT2D eigenvalue weighted by Gasteiger charge is -2.10. The fraction of sp³-hybridized carbons (Fsp3) is 0.200. The highest BCUT2D eigenvalue weighted by atomic mass is 31.1. The largest absolute Gasteiger partial charge is 0.462 e. The van der Waals surface area contributed by atoms with E-state index in [1.54, 1.807) is 12.5 Å². The van der Waals surface area contributed by atoms with Crippen LogP contribution in [-0.4, -0.2) is 6.61 Å². The summed E-state index contributed by atoms with van der Waals surface area (Å²) in [5.74, 6) is 0. The van der Waals surface area contributed by atoms with Crippen LogP contribution >= 0.6 is 8.15 Å². The molecule has 0 aliphatic heterocycles. The van der Waals surface area contributed by atoms with E-state index < -0.39 is 8.15 Å². The third kappa shape index (κ3) is 1.89. The Hall–Kier alpha value is -1.05. The predicted octanol–water partition coefficient (Wildman–Crippen LogP) is 2.26. The molecule has 2 aromatic rings. The zero-order valence-corrected chi connectivity index (χ0v) is 8.74. The summed E-state index contributed by atoms with van der Waals surface area (Å²) in [5.41, 5.74) is 1.66. The van der Waals surface area contributed by atoms with Crippen LogP contribution in [0.15, 0.2) is 45.6 Å². The Morgan fingerprint density at radius 3 is 2.07 bits per heavy atom. The normalized spacial score (nSPS) is 11.0. The van der Waals surface area contributed by atoms with Crippen molar-refractivity contribution in [2.45, 2.75) is 6.92 Å². The Kier molecular flexibility index (Phi) is 3.02. The molecule has 0 unspecified atom stereocenters.